The molecular weight excluding hydrogens is 435 g/mol. The average Bonchev–Trinajstić information content (AvgIpc) is 2.62. The summed E-state index contributed by atoms with van der Waals surface area (Å²) >= 11 is 0. The van der Waals surface area contributed by atoms with Crippen molar-refractivity contribution in [1.82, 2.24) is 0 Å². The van der Waals surface area contributed by atoms with Crippen LogP contribution in [-0.4, -0.2) is 77.5 Å². The van der Waals surface area contributed by atoms with E-state index in [2.05, 4.69) is 0 Å². The van der Waals surface area contributed by atoms with Crippen molar-refractivity contribution in [2.75, 3.05) is 19.7 Å². The van der Waals surface area contributed by atoms with Gasteiger partial charge in [-0.25, -0.2) is 0 Å². The highest BCUT2D eigenvalue weighted by Gasteiger charge is 2.45. The predicted octanol–water partition coefficient (Wildman–Crippen LogP) is 1.18. The van der Waals surface area contributed by atoms with Gasteiger partial charge in [-0.2, -0.15) is 0 Å². The second-order valence-corrected chi connectivity index (χ2v) is 11.6. The monoisotopic (exact) mass is 470 g/mol. The Labute approximate surface area is 182 Å². The lowest BCUT2D eigenvalue weighted by Crippen LogP contribution is -2.57. The molecule has 1 heterocycles. The summed E-state index contributed by atoms with van der Waals surface area (Å²) in [5.41, 5.74) is -1.65. The molecule has 0 amide bonds. The van der Waals surface area contributed by atoms with Crippen LogP contribution in [-0.2, 0) is 37.4 Å². The van der Waals surface area contributed by atoms with Gasteiger partial charge in [0.25, 0.3) is 0 Å². The third-order valence-corrected chi connectivity index (χ3v) is 6.26. The molecule has 3 N–H and O–H groups in total. The molecule has 0 aromatic carbocycles. The van der Waals surface area contributed by atoms with Crippen molar-refractivity contribution < 1.29 is 52.7 Å². The van der Waals surface area contributed by atoms with Crippen LogP contribution in [0.15, 0.2) is 0 Å². The Morgan fingerprint density at radius 3 is 1.65 bits per heavy atom. The molecule has 5 atom stereocenters. The van der Waals surface area contributed by atoms with Crippen molar-refractivity contribution >= 4 is 19.5 Å². The quantitative estimate of drug-likeness (QED) is 0.266. The summed E-state index contributed by atoms with van der Waals surface area (Å²) in [6.45, 7) is 9.77. The third kappa shape index (κ3) is 8.42. The molecule has 0 radical (unpaired) electrons. The molecular formula is C19H35O11P. The van der Waals surface area contributed by atoms with Gasteiger partial charge in [-0.3, -0.25) is 23.2 Å². The SMILES string of the molecule is CC1OC(CP(=O)(OCOC(=O)C(C)(C)C)OCOC(=O)C(C)(C)C)C(O)C(O)C1O. The fraction of sp³-hybridized carbons (Fsp3) is 0.895. The lowest BCUT2D eigenvalue weighted by Gasteiger charge is -2.40. The topological polar surface area (TPSA) is 158 Å². The highest BCUT2D eigenvalue weighted by Crippen LogP contribution is 2.50. The number of aliphatic hydroxyl groups excluding tert-OH is 3. The third-order valence-electron chi connectivity index (χ3n) is 4.46. The van der Waals surface area contributed by atoms with Crippen LogP contribution in [0, 0.1) is 10.8 Å². The van der Waals surface area contributed by atoms with Crippen LogP contribution in [0.2, 0.25) is 0 Å². The average molecular weight is 470 g/mol. The van der Waals surface area contributed by atoms with E-state index < -0.39 is 80.6 Å². The zero-order valence-electron chi connectivity index (χ0n) is 19.1. The van der Waals surface area contributed by atoms with Crippen LogP contribution in [0.3, 0.4) is 0 Å². The van der Waals surface area contributed by atoms with Crippen LogP contribution in [0.25, 0.3) is 0 Å². The maximum Gasteiger partial charge on any atom is 0.339 e. The van der Waals surface area contributed by atoms with E-state index in [-0.39, 0.29) is 0 Å². The summed E-state index contributed by atoms with van der Waals surface area (Å²) in [6.07, 6.45) is -7.11. The molecule has 182 valence electrons. The van der Waals surface area contributed by atoms with E-state index in [4.69, 9.17) is 23.3 Å². The van der Waals surface area contributed by atoms with E-state index >= 15 is 0 Å². The van der Waals surface area contributed by atoms with Gasteiger partial charge in [0.1, 0.15) is 18.3 Å². The zero-order chi connectivity index (χ0) is 24.2. The van der Waals surface area contributed by atoms with Gasteiger partial charge in [0, 0.05) is 0 Å². The van der Waals surface area contributed by atoms with E-state index in [0.29, 0.717) is 0 Å². The normalized spacial score (nSPS) is 27.6. The lowest BCUT2D eigenvalue weighted by atomic mass is 9.96. The molecule has 1 aliphatic rings. The number of carbonyl (C=O) groups is 2. The Morgan fingerprint density at radius 1 is 0.839 bits per heavy atom. The zero-order valence-corrected chi connectivity index (χ0v) is 20.0. The van der Waals surface area contributed by atoms with E-state index in [9.17, 15) is 29.5 Å². The molecule has 0 spiro atoms. The largest absolute Gasteiger partial charge is 0.438 e. The number of carbonyl (C=O) groups excluding carboxylic acids is 2. The summed E-state index contributed by atoms with van der Waals surface area (Å²) in [7, 11) is -4.15. The van der Waals surface area contributed by atoms with Gasteiger partial charge in [0.2, 0.25) is 13.6 Å². The standard InChI is InChI=1S/C19H35O11P/c1-11-13(20)15(22)14(21)12(30-11)8-31(25,28-9-26-16(23)18(2,3)4)29-10-27-17(24)19(5,6)7/h11-15,20-22H,8-10H2,1-7H3. The molecule has 1 rings (SSSR count). The minimum absolute atomic E-state index is 0.553. The Hall–Kier alpha value is -1.07. The fourth-order valence-electron chi connectivity index (χ4n) is 2.40. The van der Waals surface area contributed by atoms with Gasteiger partial charge in [0.15, 0.2) is 0 Å². The number of aliphatic hydroxyl groups is 3. The van der Waals surface area contributed by atoms with E-state index in [1.807, 2.05) is 0 Å². The minimum Gasteiger partial charge on any atom is -0.438 e. The first-order valence-electron chi connectivity index (χ1n) is 9.90. The summed E-state index contributed by atoms with van der Waals surface area (Å²) in [6, 6.07) is 0. The van der Waals surface area contributed by atoms with Crippen molar-refractivity contribution in [2.24, 2.45) is 10.8 Å². The molecule has 0 aliphatic carbocycles. The second kappa shape index (κ2) is 10.7. The molecule has 1 fully saturated rings. The van der Waals surface area contributed by atoms with Gasteiger partial charge in [-0.1, -0.05) is 0 Å². The molecule has 5 unspecified atom stereocenters. The van der Waals surface area contributed by atoms with Gasteiger partial charge in [0.05, 0.1) is 29.2 Å². The van der Waals surface area contributed by atoms with E-state index in [0.717, 1.165) is 0 Å². The molecule has 31 heavy (non-hydrogen) atoms. The summed E-state index contributed by atoms with van der Waals surface area (Å²) in [5, 5.41) is 30.0. The fourth-order valence-corrected chi connectivity index (χ4v) is 3.86. The highest BCUT2D eigenvalue weighted by molar-refractivity contribution is 7.53. The molecule has 12 heteroatoms. The predicted molar refractivity (Wildman–Crippen MR) is 108 cm³/mol. The molecule has 0 saturated carbocycles. The van der Waals surface area contributed by atoms with Crippen LogP contribution >= 0.6 is 7.60 Å². The number of hydrogen-bond acceptors (Lipinski definition) is 11. The van der Waals surface area contributed by atoms with Gasteiger partial charge in [-0.15, -0.1) is 0 Å². The summed E-state index contributed by atoms with van der Waals surface area (Å²) in [5.74, 6) is -1.22. The first-order chi connectivity index (χ1) is 14.0. The Balaban J connectivity index is 2.87. The van der Waals surface area contributed by atoms with E-state index in [1.165, 1.54) is 6.92 Å². The first kappa shape index (κ1) is 28.0. The van der Waals surface area contributed by atoms with E-state index in [1.54, 1.807) is 41.5 Å². The van der Waals surface area contributed by atoms with Crippen molar-refractivity contribution in [2.45, 2.75) is 79.0 Å². The number of rotatable bonds is 8. The van der Waals surface area contributed by atoms with Gasteiger partial charge in [-0.05, 0) is 48.5 Å². The molecule has 0 aromatic heterocycles. The molecule has 11 nitrogen and oxygen atoms in total. The van der Waals surface area contributed by atoms with Crippen molar-refractivity contribution in [3.05, 3.63) is 0 Å². The minimum atomic E-state index is -4.15. The van der Waals surface area contributed by atoms with Crippen LogP contribution in [0.5, 0.6) is 0 Å². The van der Waals surface area contributed by atoms with Crippen LogP contribution in [0.4, 0.5) is 0 Å². The molecule has 0 aromatic rings. The van der Waals surface area contributed by atoms with Crippen molar-refractivity contribution in [3.8, 4) is 0 Å². The smallest absolute Gasteiger partial charge is 0.339 e. The maximum atomic E-state index is 13.2. The first-order valence-corrected chi connectivity index (χ1v) is 11.6. The Kier molecular flexibility index (Phi) is 9.65. The van der Waals surface area contributed by atoms with Gasteiger partial charge >= 0.3 is 19.5 Å². The van der Waals surface area contributed by atoms with Crippen LogP contribution < -0.4 is 0 Å². The van der Waals surface area contributed by atoms with Crippen LogP contribution in [0.1, 0.15) is 48.5 Å². The number of hydrogen-bond donors (Lipinski definition) is 3. The Morgan fingerprint density at radius 2 is 1.26 bits per heavy atom. The molecule has 0 bridgehead atoms. The summed E-state index contributed by atoms with van der Waals surface area (Å²) in [4.78, 5) is 23.8. The number of esters is 2. The van der Waals surface area contributed by atoms with Crippen molar-refractivity contribution in [1.29, 1.82) is 0 Å². The second-order valence-electron chi connectivity index (χ2n) is 9.50. The van der Waals surface area contributed by atoms with Gasteiger partial charge < -0.3 is 29.5 Å². The Bertz CT molecular complexity index is 631. The molecule has 1 aliphatic heterocycles. The summed E-state index contributed by atoms with van der Waals surface area (Å²) < 4.78 is 38.9. The number of ether oxygens (including phenoxy) is 3. The molecule has 1 saturated heterocycles. The maximum absolute atomic E-state index is 13.2. The highest BCUT2D eigenvalue weighted by atomic mass is 31.2. The van der Waals surface area contributed by atoms with Crippen molar-refractivity contribution in [3.63, 3.8) is 0 Å². The lowest BCUT2D eigenvalue weighted by molar-refractivity contribution is -0.211.